The standard InChI is InChI=1S/C23H20ClN3O4/c1-25-19-17(22(29)26(2)23(25)30)18(13-6-4-3-5-7-13)27-10-11-31-21(20(19)27)15-12-14(24)8-9-16(15)28/h3-9,12,21,28H,10-11H2,1-2H3. The van der Waals surface area contributed by atoms with E-state index in [1.165, 1.54) is 17.7 Å². The second-order valence-corrected chi connectivity index (χ2v) is 8.07. The summed E-state index contributed by atoms with van der Waals surface area (Å²) in [4.78, 5) is 26.1. The molecule has 0 spiro atoms. The number of rotatable bonds is 2. The first-order valence-electron chi connectivity index (χ1n) is 9.87. The van der Waals surface area contributed by atoms with E-state index in [1.807, 2.05) is 34.9 Å². The molecule has 1 N–H and O–H groups in total. The average molecular weight is 438 g/mol. The van der Waals surface area contributed by atoms with Gasteiger partial charge in [-0.2, -0.15) is 0 Å². The summed E-state index contributed by atoms with van der Waals surface area (Å²) in [5.41, 5.74) is 2.44. The largest absolute Gasteiger partial charge is 0.508 e. The number of hydrogen-bond donors (Lipinski definition) is 1. The molecule has 0 saturated heterocycles. The normalized spacial score (nSPS) is 15.9. The summed E-state index contributed by atoms with van der Waals surface area (Å²) in [6, 6.07) is 14.4. The maximum Gasteiger partial charge on any atom is 0.331 e. The SMILES string of the molecule is Cn1c(=O)c2c(-c3ccccc3)n3c(c2n(C)c1=O)C(c1cc(Cl)ccc1O)OCC3. The number of hydrogen-bond acceptors (Lipinski definition) is 4. The van der Waals surface area contributed by atoms with Crippen molar-refractivity contribution >= 4 is 22.5 Å². The average Bonchev–Trinajstić information content (AvgIpc) is 3.14. The maximum atomic E-state index is 13.3. The van der Waals surface area contributed by atoms with Crippen molar-refractivity contribution in [1.29, 1.82) is 0 Å². The van der Waals surface area contributed by atoms with E-state index < -0.39 is 11.8 Å². The molecule has 0 radical (unpaired) electrons. The van der Waals surface area contributed by atoms with E-state index >= 15 is 0 Å². The molecule has 0 amide bonds. The van der Waals surface area contributed by atoms with Crippen LogP contribution in [0.3, 0.4) is 0 Å². The third-order valence-electron chi connectivity index (χ3n) is 5.87. The molecule has 5 rings (SSSR count). The fourth-order valence-corrected chi connectivity index (χ4v) is 4.63. The Hall–Kier alpha value is -3.29. The summed E-state index contributed by atoms with van der Waals surface area (Å²) >= 11 is 6.20. The predicted octanol–water partition coefficient (Wildman–Crippen LogP) is 3.18. The Kier molecular flexibility index (Phi) is 4.53. The van der Waals surface area contributed by atoms with Crippen molar-refractivity contribution in [3.8, 4) is 17.0 Å². The molecule has 1 unspecified atom stereocenters. The van der Waals surface area contributed by atoms with E-state index in [0.717, 1.165) is 15.8 Å². The molecule has 0 saturated carbocycles. The summed E-state index contributed by atoms with van der Waals surface area (Å²) in [7, 11) is 3.12. The number of ether oxygens (including phenoxy) is 1. The Bertz CT molecular complexity index is 1450. The number of aromatic nitrogens is 3. The van der Waals surface area contributed by atoms with Gasteiger partial charge in [0, 0.05) is 31.2 Å². The zero-order chi connectivity index (χ0) is 21.9. The maximum absolute atomic E-state index is 13.3. The molecular formula is C23H20ClN3O4. The molecule has 0 fully saturated rings. The number of phenols is 1. The molecule has 2 aromatic carbocycles. The van der Waals surface area contributed by atoms with Crippen LogP contribution in [0, 0.1) is 0 Å². The van der Waals surface area contributed by atoms with Crippen molar-refractivity contribution in [2.45, 2.75) is 12.6 Å². The van der Waals surface area contributed by atoms with Crippen LogP contribution in [0.2, 0.25) is 5.02 Å². The fourth-order valence-electron chi connectivity index (χ4n) is 4.45. The highest BCUT2D eigenvalue weighted by Gasteiger charge is 2.34. The number of nitrogens with zero attached hydrogens (tertiary/aromatic N) is 3. The lowest BCUT2D eigenvalue weighted by Crippen LogP contribution is -2.37. The summed E-state index contributed by atoms with van der Waals surface area (Å²) in [5.74, 6) is 0.0345. The van der Waals surface area contributed by atoms with E-state index in [4.69, 9.17) is 16.3 Å². The number of fused-ring (bicyclic) bond motifs is 3. The first kappa shape index (κ1) is 19.7. The van der Waals surface area contributed by atoms with Crippen LogP contribution >= 0.6 is 11.6 Å². The van der Waals surface area contributed by atoms with Gasteiger partial charge in [0.05, 0.1) is 28.9 Å². The monoisotopic (exact) mass is 437 g/mol. The zero-order valence-electron chi connectivity index (χ0n) is 17.0. The Balaban J connectivity index is 1.97. The van der Waals surface area contributed by atoms with Gasteiger partial charge in [-0.15, -0.1) is 0 Å². The molecular weight excluding hydrogens is 418 g/mol. The van der Waals surface area contributed by atoms with Crippen molar-refractivity contribution < 1.29 is 9.84 Å². The van der Waals surface area contributed by atoms with Gasteiger partial charge in [0.2, 0.25) is 0 Å². The highest BCUT2D eigenvalue weighted by molar-refractivity contribution is 6.30. The number of aromatic hydroxyl groups is 1. The molecule has 2 aromatic heterocycles. The molecule has 158 valence electrons. The number of aryl methyl sites for hydroxylation is 1. The topological polar surface area (TPSA) is 78.4 Å². The van der Waals surface area contributed by atoms with Gasteiger partial charge < -0.3 is 14.4 Å². The molecule has 1 aliphatic heterocycles. The smallest absolute Gasteiger partial charge is 0.331 e. The number of benzene rings is 2. The van der Waals surface area contributed by atoms with Crippen LogP contribution in [0.25, 0.3) is 22.2 Å². The Morgan fingerprint density at radius 1 is 1.06 bits per heavy atom. The lowest BCUT2D eigenvalue weighted by Gasteiger charge is -2.28. The van der Waals surface area contributed by atoms with E-state index in [9.17, 15) is 14.7 Å². The van der Waals surface area contributed by atoms with Crippen LogP contribution in [-0.2, 0) is 25.4 Å². The van der Waals surface area contributed by atoms with Crippen molar-refractivity contribution in [3.63, 3.8) is 0 Å². The van der Waals surface area contributed by atoms with Crippen LogP contribution in [-0.4, -0.2) is 25.4 Å². The first-order valence-corrected chi connectivity index (χ1v) is 10.3. The van der Waals surface area contributed by atoms with E-state index in [0.29, 0.717) is 40.3 Å². The van der Waals surface area contributed by atoms with Gasteiger partial charge in [0.15, 0.2) is 0 Å². The molecule has 1 atom stereocenters. The Morgan fingerprint density at radius 2 is 1.81 bits per heavy atom. The third-order valence-corrected chi connectivity index (χ3v) is 6.11. The summed E-state index contributed by atoms with van der Waals surface area (Å²) < 4.78 is 10.7. The summed E-state index contributed by atoms with van der Waals surface area (Å²) in [6.45, 7) is 0.877. The molecule has 8 heteroatoms. The molecule has 0 aliphatic carbocycles. The van der Waals surface area contributed by atoms with Crippen molar-refractivity contribution in [3.05, 3.63) is 85.6 Å². The minimum Gasteiger partial charge on any atom is -0.508 e. The summed E-state index contributed by atoms with van der Waals surface area (Å²) in [5, 5.41) is 11.5. The van der Waals surface area contributed by atoms with Crippen LogP contribution in [0.4, 0.5) is 0 Å². The molecule has 0 bridgehead atoms. The zero-order valence-corrected chi connectivity index (χ0v) is 17.8. The number of halogens is 1. The second-order valence-electron chi connectivity index (χ2n) is 7.63. The molecule has 1 aliphatic rings. The van der Waals surface area contributed by atoms with Crippen LogP contribution in [0.1, 0.15) is 17.4 Å². The molecule has 7 nitrogen and oxygen atoms in total. The highest BCUT2D eigenvalue weighted by Crippen LogP contribution is 2.43. The van der Waals surface area contributed by atoms with Gasteiger partial charge in [-0.1, -0.05) is 41.9 Å². The van der Waals surface area contributed by atoms with E-state index in [1.54, 1.807) is 19.2 Å². The third kappa shape index (κ3) is 2.85. The predicted molar refractivity (Wildman–Crippen MR) is 119 cm³/mol. The molecule has 4 aromatic rings. The van der Waals surface area contributed by atoms with Crippen molar-refractivity contribution in [2.75, 3.05) is 6.61 Å². The van der Waals surface area contributed by atoms with Crippen molar-refractivity contribution in [1.82, 2.24) is 13.7 Å². The Morgan fingerprint density at radius 3 is 2.55 bits per heavy atom. The molecule has 3 heterocycles. The van der Waals surface area contributed by atoms with Gasteiger partial charge in [-0.05, 0) is 23.8 Å². The molecule has 31 heavy (non-hydrogen) atoms. The van der Waals surface area contributed by atoms with Gasteiger partial charge in [-0.25, -0.2) is 4.79 Å². The van der Waals surface area contributed by atoms with Gasteiger partial charge in [0.25, 0.3) is 5.56 Å². The van der Waals surface area contributed by atoms with Crippen LogP contribution in [0.5, 0.6) is 5.75 Å². The minimum absolute atomic E-state index is 0.0345. The number of phenolic OH excluding ortho intramolecular Hbond substituents is 1. The Labute approximate surface area is 182 Å². The lowest BCUT2D eigenvalue weighted by molar-refractivity contribution is 0.0464. The first-order chi connectivity index (χ1) is 14.9. The fraction of sp³-hybridized carbons (Fsp3) is 0.217. The van der Waals surface area contributed by atoms with Gasteiger partial charge >= 0.3 is 5.69 Å². The van der Waals surface area contributed by atoms with Crippen molar-refractivity contribution in [2.24, 2.45) is 14.1 Å². The summed E-state index contributed by atoms with van der Waals surface area (Å²) in [6.07, 6.45) is -0.690. The van der Waals surface area contributed by atoms with Crippen LogP contribution in [0.15, 0.2) is 58.1 Å². The van der Waals surface area contributed by atoms with E-state index in [-0.39, 0.29) is 11.3 Å². The van der Waals surface area contributed by atoms with Gasteiger partial charge in [-0.3, -0.25) is 13.9 Å². The van der Waals surface area contributed by atoms with Gasteiger partial charge in [0.1, 0.15) is 11.9 Å². The van der Waals surface area contributed by atoms with Crippen LogP contribution < -0.4 is 11.2 Å². The quantitative estimate of drug-likeness (QED) is 0.522. The second kappa shape index (κ2) is 7.14. The lowest BCUT2D eigenvalue weighted by atomic mass is 10.0. The highest BCUT2D eigenvalue weighted by atomic mass is 35.5. The van der Waals surface area contributed by atoms with E-state index in [2.05, 4.69) is 0 Å². The minimum atomic E-state index is -0.690.